The first-order chi connectivity index (χ1) is 15.0. The minimum absolute atomic E-state index is 0.108. The van der Waals surface area contributed by atoms with Gasteiger partial charge in [0.2, 0.25) is 0 Å². The number of hydrogen-bond acceptors (Lipinski definition) is 7. The van der Waals surface area contributed by atoms with Gasteiger partial charge in [-0.15, -0.1) is 11.3 Å². The fourth-order valence-electron chi connectivity index (χ4n) is 3.35. The van der Waals surface area contributed by atoms with Crippen molar-refractivity contribution >= 4 is 35.0 Å². The van der Waals surface area contributed by atoms with Gasteiger partial charge in [-0.3, -0.25) is 19.7 Å². The Morgan fingerprint density at radius 1 is 1.06 bits per heavy atom. The number of nitrogens with one attached hydrogen (secondary N) is 1. The van der Waals surface area contributed by atoms with E-state index in [1.807, 2.05) is 24.3 Å². The maximum Gasteiger partial charge on any atom is 0.329 e. The van der Waals surface area contributed by atoms with Crippen molar-refractivity contribution in [1.29, 1.82) is 0 Å². The summed E-state index contributed by atoms with van der Waals surface area (Å²) in [5, 5.41) is 3.89. The molecule has 0 spiro atoms. The molecule has 0 radical (unpaired) electrons. The second kappa shape index (κ2) is 8.97. The largest absolute Gasteiger partial charge is 0.459 e. The van der Waals surface area contributed by atoms with Gasteiger partial charge >= 0.3 is 5.97 Å². The molecule has 2 aromatic heterocycles. The summed E-state index contributed by atoms with van der Waals surface area (Å²) in [4.78, 5) is 51.4. The Morgan fingerprint density at radius 2 is 1.87 bits per heavy atom. The van der Waals surface area contributed by atoms with Crippen molar-refractivity contribution in [2.24, 2.45) is 0 Å². The van der Waals surface area contributed by atoms with Crippen molar-refractivity contribution in [2.75, 3.05) is 6.61 Å². The third-order valence-electron chi connectivity index (χ3n) is 4.86. The van der Waals surface area contributed by atoms with Crippen LogP contribution in [-0.4, -0.2) is 41.2 Å². The average Bonchev–Trinajstić information content (AvgIpc) is 3.50. The summed E-state index contributed by atoms with van der Waals surface area (Å²) in [7, 11) is 0. The molecule has 4 rings (SSSR count). The second-order valence-electron chi connectivity index (χ2n) is 6.86. The van der Waals surface area contributed by atoms with Crippen LogP contribution in [0.15, 0.2) is 64.6 Å². The molecule has 158 valence electrons. The molecule has 0 fully saturated rings. The number of hydrogen-bond donors (Lipinski definition) is 1. The number of rotatable bonds is 5. The molecule has 1 unspecified atom stereocenters. The summed E-state index contributed by atoms with van der Waals surface area (Å²) in [5.41, 5.74) is 1.84. The Labute approximate surface area is 181 Å². The molecule has 0 aliphatic carbocycles. The summed E-state index contributed by atoms with van der Waals surface area (Å²) >= 11 is 1.19. The van der Waals surface area contributed by atoms with Crippen molar-refractivity contribution in [1.82, 2.24) is 10.2 Å². The predicted octanol–water partition coefficient (Wildman–Crippen LogP) is 2.41. The van der Waals surface area contributed by atoms with E-state index in [4.69, 9.17) is 9.15 Å². The van der Waals surface area contributed by atoms with E-state index in [0.29, 0.717) is 4.88 Å². The van der Waals surface area contributed by atoms with Gasteiger partial charge in [0.15, 0.2) is 12.4 Å². The zero-order valence-electron chi connectivity index (χ0n) is 16.3. The van der Waals surface area contributed by atoms with Crippen molar-refractivity contribution in [2.45, 2.75) is 19.0 Å². The third kappa shape index (κ3) is 4.56. The van der Waals surface area contributed by atoms with Gasteiger partial charge in [-0.05, 0) is 34.7 Å². The summed E-state index contributed by atoms with van der Waals surface area (Å²) < 4.78 is 10.3. The maximum atomic E-state index is 12.9. The molecule has 31 heavy (non-hydrogen) atoms. The van der Waals surface area contributed by atoms with Gasteiger partial charge in [-0.25, -0.2) is 4.79 Å². The van der Waals surface area contributed by atoms with Crippen LogP contribution in [0.1, 0.15) is 31.4 Å². The lowest BCUT2D eigenvalue weighted by molar-refractivity contribution is -0.153. The lowest BCUT2D eigenvalue weighted by atomic mass is 9.93. The number of furan rings is 1. The predicted molar refractivity (Wildman–Crippen MR) is 110 cm³/mol. The summed E-state index contributed by atoms with van der Waals surface area (Å²) in [6.45, 7) is -0.421. The van der Waals surface area contributed by atoms with Crippen LogP contribution in [-0.2, 0) is 27.3 Å². The number of fused-ring (bicyclic) bond motifs is 1. The van der Waals surface area contributed by atoms with Crippen molar-refractivity contribution < 1.29 is 28.3 Å². The zero-order chi connectivity index (χ0) is 21.8. The number of benzene rings is 1. The van der Waals surface area contributed by atoms with Gasteiger partial charge < -0.3 is 14.1 Å². The van der Waals surface area contributed by atoms with Crippen LogP contribution in [0.2, 0.25) is 0 Å². The highest BCUT2D eigenvalue weighted by molar-refractivity contribution is 7.12. The second-order valence-corrected chi connectivity index (χ2v) is 7.81. The van der Waals surface area contributed by atoms with Crippen molar-refractivity contribution in [3.8, 4) is 0 Å². The number of esters is 1. The van der Waals surface area contributed by atoms with Crippen molar-refractivity contribution in [3.63, 3.8) is 0 Å². The highest BCUT2D eigenvalue weighted by atomic mass is 32.1. The number of thiophene rings is 1. The molecule has 3 aromatic rings. The van der Waals surface area contributed by atoms with E-state index < -0.39 is 36.3 Å². The van der Waals surface area contributed by atoms with Gasteiger partial charge in [0, 0.05) is 13.0 Å². The minimum Gasteiger partial charge on any atom is -0.459 e. The average molecular weight is 438 g/mol. The SMILES string of the molecule is O=C(COC(=O)C1Cc2ccccc2CN1C(=O)c1ccco1)NC(=O)c1cccs1. The number of carbonyl (C=O) groups is 4. The standard InChI is InChI=1S/C22H18N2O6S/c25-19(23-20(26)18-8-4-10-31-18)13-30-22(28)16-11-14-5-1-2-6-15(14)12-24(16)21(27)17-7-3-9-29-17/h1-10,16H,11-13H2,(H,23,25,26). The first kappa shape index (κ1) is 20.5. The van der Waals surface area contributed by atoms with Crippen LogP contribution in [0, 0.1) is 0 Å². The highest BCUT2D eigenvalue weighted by Crippen LogP contribution is 2.26. The summed E-state index contributed by atoms with van der Waals surface area (Å²) in [6.07, 6.45) is 1.63. The van der Waals surface area contributed by atoms with E-state index >= 15 is 0 Å². The van der Waals surface area contributed by atoms with E-state index in [1.165, 1.54) is 28.6 Å². The molecule has 1 atom stereocenters. The molecule has 1 aromatic carbocycles. The van der Waals surface area contributed by atoms with Crippen LogP contribution in [0.4, 0.5) is 0 Å². The molecule has 1 aliphatic heterocycles. The number of carbonyl (C=O) groups excluding carboxylic acids is 4. The molecule has 3 heterocycles. The Morgan fingerprint density at radius 3 is 2.58 bits per heavy atom. The number of imide groups is 1. The number of nitrogens with zero attached hydrogens (tertiary/aromatic N) is 1. The number of ether oxygens (including phenoxy) is 1. The molecule has 1 N–H and O–H groups in total. The lowest BCUT2D eigenvalue weighted by Crippen LogP contribution is -2.49. The van der Waals surface area contributed by atoms with Crippen LogP contribution in [0.5, 0.6) is 0 Å². The third-order valence-corrected chi connectivity index (χ3v) is 5.73. The lowest BCUT2D eigenvalue weighted by Gasteiger charge is -2.34. The Balaban J connectivity index is 1.44. The fraction of sp³-hybridized carbons (Fsp3) is 0.182. The first-order valence-corrected chi connectivity index (χ1v) is 10.4. The normalized spacial score (nSPS) is 15.1. The molecule has 3 amide bonds. The van der Waals surface area contributed by atoms with Crippen LogP contribution in [0.3, 0.4) is 0 Å². The van der Waals surface area contributed by atoms with Gasteiger partial charge in [-0.2, -0.15) is 0 Å². The first-order valence-electron chi connectivity index (χ1n) is 9.48. The molecular formula is C22H18N2O6S. The van der Waals surface area contributed by atoms with Crippen molar-refractivity contribution in [3.05, 3.63) is 81.9 Å². The molecule has 9 heteroatoms. The quantitative estimate of drug-likeness (QED) is 0.614. The summed E-state index contributed by atoms with van der Waals surface area (Å²) in [6, 6.07) is 13.0. The molecule has 1 aliphatic rings. The minimum atomic E-state index is -0.923. The molecule has 8 nitrogen and oxygen atoms in total. The number of amides is 3. The smallest absolute Gasteiger partial charge is 0.329 e. The van der Waals surface area contributed by atoms with E-state index in [2.05, 4.69) is 5.32 Å². The van der Waals surface area contributed by atoms with Gasteiger partial charge in [0.05, 0.1) is 11.1 Å². The van der Waals surface area contributed by atoms with E-state index in [-0.39, 0.29) is 18.7 Å². The Bertz CT molecular complexity index is 1110. The van der Waals surface area contributed by atoms with Gasteiger partial charge in [-0.1, -0.05) is 30.3 Å². The Hall–Kier alpha value is -3.72. The summed E-state index contributed by atoms with van der Waals surface area (Å²) in [5.74, 6) is -2.37. The van der Waals surface area contributed by atoms with Gasteiger partial charge in [0.25, 0.3) is 17.7 Å². The van der Waals surface area contributed by atoms with Gasteiger partial charge in [0.1, 0.15) is 6.04 Å². The topological polar surface area (TPSA) is 106 Å². The molecular weight excluding hydrogens is 420 g/mol. The monoisotopic (exact) mass is 438 g/mol. The molecule has 0 bridgehead atoms. The zero-order valence-corrected chi connectivity index (χ0v) is 17.1. The van der Waals surface area contributed by atoms with Crippen LogP contribution in [0.25, 0.3) is 0 Å². The molecule has 0 saturated heterocycles. The van der Waals surface area contributed by atoms with Crippen LogP contribution >= 0.6 is 11.3 Å². The van der Waals surface area contributed by atoms with E-state index in [1.54, 1.807) is 23.6 Å². The highest BCUT2D eigenvalue weighted by Gasteiger charge is 2.37. The fourth-order valence-corrected chi connectivity index (χ4v) is 3.97. The van der Waals surface area contributed by atoms with E-state index in [0.717, 1.165) is 11.1 Å². The maximum absolute atomic E-state index is 12.9. The Kier molecular flexibility index (Phi) is 5.94. The van der Waals surface area contributed by atoms with E-state index in [9.17, 15) is 19.2 Å². The molecule has 0 saturated carbocycles. The van der Waals surface area contributed by atoms with Crippen LogP contribution < -0.4 is 5.32 Å².